The summed E-state index contributed by atoms with van der Waals surface area (Å²) < 4.78 is 14.8. The molecule has 0 unspecified atom stereocenters. The van der Waals surface area contributed by atoms with Crippen LogP contribution in [-0.2, 0) is 7.05 Å². The van der Waals surface area contributed by atoms with E-state index in [1.54, 1.807) is 37.5 Å². The van der Waals surface area contributed by atoms with Crippen LogP contribution in [0.2, 0.25) is 5.02 Å². The highest BCUT2D eigenvalue weighted by Gasteiger charge is 2.17. The monoisotopic (exact) mass is 345 g/mol. The summed E-state index contributed by atoms with van der Waals surface area (Å²) in [5.74, 6) is -0.462. The van der Waals surface area contributed by atoms with Crippen molar-refractivity contribution in [1.82, 2.24) is 14.8 Å². The van der Waals surface area contributed by atoms with Gasteiger partial charge >= 0.3 is 0 Å². The minimum absolute atomic E-state index is 0.165. The van der Waals surface area contributed by atoms with Gasteiger partial charge in [0.2, 0.25) is 0 Å². The number of amides is 1. The van der Waals surface area contributed by atoms with Crippen LogP contribution >= 0.6 is 11.6 Å². The number of benzene rings is 1. The zero-order valence-electron chi connectivity index (χ0n) is 12.6. The predicted octanol–water partition coefficient (Wildman–Crippen LogP) is 3.60. The predicted molar refractivity (Wildman–Crippen MR) is 90.1 cm³/mol. The molecule has 2 N–H and O–H groups in total. The first-order chi connectivity index (χ1) is 11.5. The number of carbonyl (C=O) groups excluding carboxylic acids is 1. The number of halogens is 2. The average molecular weight is 346 g/mol. The van der Waals surface area contributed by atoms with Crippen molar-refractivity contribution in [2.24, 2.45) is 7.05 Å². The molecule has 0 radical (unpaired) electrons. The molecule has 0 bridgehead atoms. The number of hydrogen-bond acceptors (Lipinski definition) is 4. The zero-order chi connectivity index (χ0) is 17.1. The molecule has 1 aromatic carbocycles. The lowest BCUT2D eigenvalue weighted by Crippen LogP contribution is -2.15. The molecule has 122 valence electrons. The van der Waals surface area contributed by atoms with Crippen LogP contribution in [0.1, 0.15) is 10.5 Å². The van der Waals surface area contributed by atoms with E-state index >= 15 is 0 Å². The molecular weight excluding hydrogens is 333 g/mol. The fraction of sp³-hybridized carbons (Fsp3) is 0.0625. The SMILES string of the molecule is Cn1cc(Nc2cccc(F)c2)c(C(=O)Nc2ccc(Cl)cn2)n1. The van der Waals surface area contributed by atoms with Crippen molar-refractivity contribution in [3.8, 4) is 0 Å². The Labute approximate surface area is 142 Å². The van der Waals surface area contributed by atoms with Crippen LogP contribution in [0, 0.1) is 5.82 Å². The minimum Gasteiger partial charge on any atom is -0.352 e. The Morgan fingerprint density at radius 1 is 1.29 bits per heavy atom. The molecule has 0 aliphatic carbocycles. The first kappa shape index (κ1) is 15.9. The fourth-order valence-electron chi connectivity index (χ4n) is 2.09. The van der Waals surface area contributed by atoms with Crippen LogP contribution in [0.3, 0.4) is 0 Å². The van der Waals surface area contributed by atoms with Crippen molar-refractivity contribution >= 4 is 34.7 Å². The molecule has 8 heteroatoms. The number of anilines is 3. The Hall–Kier alpha value is -2.93. The maximum Gasteiger partial charge on any atom is 0.279 e. The molecule has 0 aliphatic heterocycles. The first-order valence-electron chi connectivity index (χ1n) is 7.00. The molecule has 0 aliphatic rings. The summed E-state index contributed by atoms with van der Waals surface area (Å²) >= 11 is 5.77. The summed E-state index contributed by atoms with van der Waals surface area (Å²) in [4.78, 5) is 16.4. The van der Waals surface area contributed by atoms with E-state index in [2.05, 4.69) is 20.7 Å². The maximum atomic E-state index is 13.3. The largest absolute Gasteiger partial charge is 0.352 e. The summed E-state index contributed by atoms with van der Waals surface area (Å²) in [6.45, 7) is 0. The summed E-state index contributed by atoms with van der Waals surface area (Å²) in [5, 5.41) is 10.2. The molecule has 6 nitrogen and oxygen atoms in total. The Morgan fingerprint density at radius 3 is 2.83 bits per heavy atom. The Kier molecular flexibility index (Phi) is 4.43. The third-order valence-corrected chi connectivity index (χ3v) is 3.34. The zero-order valence-corrected chi connectivity index (χ0v) is 13.4. The molecule has 0 saturated carbocycles. The first-order valence-corrected chi connectivity index (χ1v) is 7.38. The third-order valence-electron chi connectivity index (χ3n) is 3.12. The van der Waals surface area contributed by atoms with Crippen molar-refractivity contribution in [2.45, 2.75) is 0 Å². The second kappa shape index (κ2) is 6.67. The van der Waals surface area contributed by atoms with Gasteiger partial charge in [-0.25, -0.2) is 9.37 Å². The normalized spacial score (nSPS) is 10.5. The van der Waals surface area contributed by atoms with Gasteiger partial charge < -0.3 is 10.6 Å². The molecule has 1 amide bonds. The Bertz CT molecular complexity index is 878. The number of pyridine rings is 1. The summed E-state index contributed by atoms with van der Waals surface area (Å²) in [7, 11) is 1.69. The van der Waals surface area contributed by atoms with E-state index in [0.717, 1.165) is 0 Å². The van der Waals surface area contributed by atoms with E-state index in [9.17, 15) is 9.18 Å². The van der Waals surface area contributed by atoms with Crippen molar-refractivity contribution < 1.29 is 9.18 Å². The van der Waals surface area contributed by atoms with Crippen molar-refractivity contribution in [3.05, 3.63) is 65.3 Å². The fourth-order valence-corrected chi connectivity index (χ4v) is 2.21. The number of carbonyl (C=O) groups is 1. The molecule has 24 heavy (non-hydrogen) atoms. The second-order valence-corrected chi connectivity index (χ2v) is 5.45. The lowest BCUT2D eigenvalue weighted by atomic mass is 10.2. The van der Waals surface area contributed by atoms with E-state index in [-0.39, 0.29) is 11.5 Å². The highest BCUT2D eigenvalue weighted by molar-refractivity contribution is 6.30. The molecule has 0 saturated heterocycles. The number of aryl methyl sites for hydroxylation is 1. The third kappa shape index (κ3) is 3.69. The van der Waals surface area contributed by atoms with Gasteiger partial charge in [-0.3, -0.25) is 9.48 Å². The molecule has 2 aromatic heterocycles. The van der Waals surface area contributed by atoms with E-state index < -0.39 is 5.91 Å². The molecule has 0 atom stereocenters. The van der Waals surface area contributed by atoms with Gasteiger partial charge in [-0.05, 0) is 30.3 Å². The van der Waals surface area contributed by atoms with Gasteiger partial charge in [-0.15, -0.1) is 0 Å². The van der Waals surface area contributed by atoms with Crippen LogP contribution in [-0.4, -0.2) is 20.7 Å². The molecule has 2 heterocycles. The molecular formula is C16H13ClFN5O. The molecule has 0 spiro atoms. The van der Waals surface area contributed by atoms with Gasteiger partial charge in [-0.1, -0.05) is 17.7 Å². The summed E-state index contributed by atoms with van der Waals surface area (Å²) in [5.41, 5.74) is 1.13. The second-order valence-electron chi connectivity index (χ2n) is 5.02. The highest BCUT2D eigenvalue weighted by atomic mass is 35.5. The van der Waals surface area contributed by atoms with Crippen LogP contribution < -0.4 is 10.6 Å². The van der Waals surface area contributed by atoms with Crippen LogP contribution in [0.15, 0.2) is 48.8 Å². The molecule has 3 aromatic rings. The van der Waals surface area contributed by atoms with Crippen LogP contribution in [0.4, 0.5) is 21.6 Å². The minimum atomic E-state index is -0.440. The Balaban J connectivity index is 1.82. The van der Waals surface area contributed by atoms with Gasteiger partial charge in [0.15, 0.2) is 5.69 Å². The number of rotatable bonds is 4. The summed E-state index contributed by atoms with van der Waals surface area (Å²) in [6.07, 6.45) is 3.07. The van der Waals surface area contributed by atoms with Crippen LogP contribution in [0.25, 0.3) is 0 Å². The number of aromatic nitrogens is 3. The standard InChI is InChI=1S/C16H13ClFN5O/c1-23-9-13(20-12-4-2-3-11(18)7-12)15(22-23)16(24)21-14-6-5-10(17)8-19-14/h2-9,20H,1H3,(H,19,21,24). The lowest BCUT2D eigenvalue weighted by molar-refractivity contribution is 0.102. The van der Waals surface area contributed by atoms with Gasteiger partial charge in [-0.2, -0.15) is 5.10 Å². The maximum absolute atomic E-state index is 13.3. The average Bonchev–Trinajstić information content (AvgIpc) is 2.90. The molecule has 3 rings (SSSR count). The van der Waals surface area contributed by atoms with E-state index in [0.29, 0.717) is 22.2 Å². The summed E-state index contributed by atoms with van der Waals surface area (Å²) in [6, 6.07) is 9.14. The van der Waals surface area contributed by atoms with Gasteiger partial charge in [0.1, 0.15) is 11.6 Å². The number of nitrogens with one attached hydrogen (secondary N) is 2. The highest BCUT2D eigenvalue weighted by Crippen LogP contribution is 2.21. The van der Waals surface area contributed by atoms with Crippen molar-refractivity contribution in [2.75, 3.05) is 10.6 Å². The number of nitrogens with zero attached hydrogens (tertiary/aromatic N) is 3. The topological polar surface area (TPSA) is 71.8 Å². The molecule has 0 fully saturated rings. The number of hydrogen-bond donors (Lipinski definition) is 2. The van der Waals surface area contributed by atoms with E-state index in [4.69, 9.17) is 11.6 Å². The van der Waals surface area contributed by atoms with Crippen molar-refractivity contribution in [1.29, 1.82) is 0 Å². The van der Waals surface area contributed by atoms with E-state index in [1.807, 2.05) is 0 Å². The smallest absolute Gasteiger partial charge is 0.279 e. The van der Waals surface area contributed by atoms with E-state index in [1.165, 1.54) is 23.0 Å². The van der Waals surface area contributed by atoms with Gasteiger partial charge in [0.05, 0.1) is 10.7 Å². The van der Waals surface area contributed by atoms with Crippen LogP contribution in [0.5, 0.6) is 0 Å². The van der Waals surface area contributed by atoms with Gasteiger partial charge in [0.25, 0.3) is 5.91 Å². The Morgan fingerprint density at radius 2 is 2.12 bits per heavy atom. The van der Waals surface area contributed by atoms with Crippen molar-refractivity contribution in [3.63, 3.8) is 0 Å². The quantitative estimate of drug-likeness (QED) is 0.757. The van der Waals surface area contributed by atoms with Gasteiger partial charge in [0, 0.05) is 25.1 Å². The lowest BCUT2D eigenvalue weighted by Gasteiger charge is -2.07.